The van der Waals surface area contributed by atoms with Gasteiger partial charge in [0.25, 0.3) is 0 Å². The Morgan fingerprint density at radius 2 is 2.58 bits per heavy atom. The SMILES string of the molecule is CC1CSC(c2ncc(Cl)s2)N1. The summed E-state index contributed by atoms with van der Waals surface area (Å²) < 4.78 is 0.770. The first kappa shape index (κ1) is 8.81. The average molecular weight is 221 g/mol. The molecule has 12 heavy (non-hydrogen) atoms. The Labute approximate surface area is 84.7 Å². The molecule has 0 saturated carbocycles. The van der Waals surface area contributed by atoms with E-state index in [2.05, 4.69) is 17.2 Å². The van der Waals surface area contributed by atoms with Gasteiger partial charge in [-0.15, -0.1) is 23.1 Å². The van der Waals surface area contributed by atoms with Gasteiger partial charge in [-0.3, -0.25) is 5.32 Å². The molecule has 1 aromatic heterocycles. The van der Waals surface area contributed by atoms with Gasteiger partial charge in [0.2, 0.25) is 0 Å². The predicted octanol–water partition coefficient (Wildman–Crippen LogP) is 2.52. The van der Waals surface area contributed by atoms with Gasteiger partial charge in [-0.05, 0) is 6.92 Å². The van der Waals surface area contributed by atoms with Gasteiger partial charge < -0.3 is 0 Å². The van der Waals surface area contributed by atoms with Crippen LogP contribution in [0.4, 0.5) is 0 Å². The van der Waals surface area contributed by atoms with Gasteiger partial charge in [-0.1, -0.05) is 11.6 Å². The van der Waals surface area contributed by atoms with Gasteiger partial charge in [0.1, 0.15) is 14.7 Å². The molecule has 1 N–H and O–H groups in total. The van der Waals surface area contributed by atoms with Crippen molar-refractivity contribution in [1.29, 1.82) is 0 Å². The summed E-state index contributed by atoms with van der Waals surface area (Å²) in [7, 11) is 0. The Kier molecular flexibility index (Phi) is 2.60. The van der Waals surface area contributed by atoms with Crippen LogP contribution in [0.1, 0.15) is 17.3 Å². The fourth-order valence-corrected chi connectivity index (χ4v) is 3.46. The van der Waals surface area contributed by atoms with Gasteiger partial charge in [0.05, 0.1) is 6.20 Å². The van der Waals surface area contributed by atoms with Crippen molar-refractivity contribution in [2.75, 3.05) is 5.75 Å². The molecule has 0 spiro atoms. The van der Waals surface area contributed by atoms with E-state index in [1.165, 1.54) is 0 Å². The minimum atomic E-state index is 0.359. The number of thioether (sulfide) groups is 1. The van der Waals surface area contributed by atoms with Gasteiger partial charge in [-0.25, -0.2) is 4.98 Å². The number of thiazole rings is 1. The molecule has 1 aliphatic rings. The molecule has 2 unspecified atom stereocenters. The van der Waals surface area contributed by atoms with E-state index in [9.17, 15) is 0 Å². The minimum absolute atomic E-state index is 0.359. The highest BCUT2D eigenvalue weighted by Crippen LogP contribution is 2.35. The van der Waals surface area contributed by atoms with E-state index in [1.54, 1.807) is 17.5 Å². The first-order chi connectivity index (χ1) is 5.75. The van der Waals surface area contributed by atoms with Crippen molar-refractivity contribution in [3.63, 3.8) is 0 Å². The molecule has 0 radical (unpaired) electrons. The number of hydrogen-bond acceptors (Lipinski definition) is 4. The fraction of sp³-hybridized carbons (Fsp3) is 0.571. The molecule has 66 valence electrons. The third kappa shape index (κ3) is 1.76. The number of hydrogen-bond donors (Lipinski definition) is 1. The number of aromatic nitrogens is 1. The Hall–Kier alpha value is 0.230. The van der Waals surface area contributed by atoms with Crippen LogP contribution < -0.4 is 5.32 Å². The van der Waals surface area contributed by atoms with Crippen molar-refractivity contribution in [3.05, 3.63) is 15.5 Å². The molecule has 2 heterocycles. The number of halogens is 1. The van der Waals surface area contributed by atoms with Crippen molar-refractivity contribution in [3.8, 4) is 0 Å². The van der Waals surface area contributed by atoms with Crippen molar-refractivity contribution in [2.45, 2.75) is 18.3 Å². The molecule has 1 saturated heterocycles. The van der Waals surface area contributed by atoms with Crippen molar-refractivity contribution >= 4 is 34.7 Å². The van der Waals surface area contributed by atoms with Gasteiger partial charge >= 0.3 is 0 Å². The highest BCUT2D eigenvalue weighted by atomic mass is 35.5. The third-order valence-corrected chi connectivity index (χ3v) is 4.38. The summed E-state index contributed by atoms with van der Waals surface area (Å²) in [4.78, 5) is 4.24. The molecule has 2 rings (SSSR count). The molecule has 0 aliphatic carbocycles. The summed E-state index contributed by atoms with van der Waals surface area (Å²) in [6, 6.07) is 0.586. The second-order valence-electron chi connectivity index (χ2n) is 2.78. The summed E-state index contributed by atoms with van der Waals surface area (Å²) in [5.41, 5.74) is 0. The Bertz CT molecular complexity index is 276. The van der Waals surface area contributed by atoms with Crippen LogP contribution in [0.25, 0.3) is 0 Å². The largest absolute Gasteiger partial charge is 0.296 e. The summed E-state index contributed by atoms with van der Waals surface area (Å²) in [5.74, 6) is 1.15. The zero-order chi connectivity index (χ0) is 8.55. The Morgan fingerprint density at radius 1 is 1.75 bits per heavy atom. The van der Waals surface area contributed by atoms with E-state index in [4.69, 9.17) is 11.6 Å². The van der Waals surface area contributed by atoms with Crippen LogP contribution in [0.5, 0.6) is 0 Å². The fourth-order valence-electron chi connectivity index (χ4n) is 1.13. The van der Waals surface area contributed by atoms with Crippen LogP contribution >= 0.6 is 34.7 Å². The van der Waals surface area contributed by atoms with E-state index in [-0.39, 0.29) is 0 Å². The normalized spacial score (nSPS) is 29.5. The van der Waals surface area contributed by atoms with Gasteiger partial charge in [0, 0.05) is 11.8 Å². The zero-order valence-corrected chi connectivity index (χ0v) is 8.97. The average Bonchev–Trinajstić information content (AvgIpc) is 2.58. The molecule has 0 amide bonds. The summed E-state index contributed by atoms with van der Waals surface area (Å²) >= 11 is 9.25. The third-order valence-electron chi connectivity index (χ3n) is 1.67. The van der Waals surface area contributed by atoms with Crippen LogP contribution in [-0.4, -0.2) is 16.8 Å². The van der Waals surface area contributed by atoms with E-state index in [1.807, 2.05) is 11.8 Å². The summed E-state index contributed by atoms with van der Waals surface area (Å²) in [5, 5.41) is 4.89. The maximum atomic E-state index is 5.79. The lowest BCUT2D eigenvalue weighted by Gasteiger charge is -2.05. The first-order valence-electron chi connectivity index (χ1n) is 3.74. The summed E-state index contributed by atoms with van der Waals surface area (Å²) in [6.45, 7) is 2.18. The maximum Gasteiger partial charge on any atom is 0.121 e. The molecule has 0 bridgehead atoms. The topological polar surface area (TPSA) is 24.9 Å². The standard InChI is InChI=1S/C7H9ClN2S2/c1-4-3-11-7(10-4)6-9-2-5(8)12-6/h2,4,7,10H,3H2,1H3. The monoisotopic (exact) mass is 220 g/mol. The van der Waals surface area contributed by atoms with E-state index in [0.717, 1.165) is 15.1 Å². The van der Waals surface area contributed by atoms with Crippen LogP contribution in [0.15, 0.2) is 6.20 Å². The second-order valence-corrected chi connectivity index (χ2v) is 5.62. The van der Waals surface area contributed by atoms with E-state index >= 15 is 0 Å². The zero-order valence-electron chi connectivity index (χ0n) is 6.58. The quantitative estimate of drug-likeness (QED) is 0.788. The lowest BCUT2D eigenvalue weighted by molar-refractivity contribution is 0.616. The number of rotatable bonds is 1. The van der Waals surface area contributed by atoms with Crippen LogP contribution in [0.2, 0.25) is 4.34 Å². The van der Waals surface area contributed by atoms with Gasteiger partial charge in [0.15, 0.2) is 0 Å². The van der Waals surface area contributed by atoms with Crippen LogP contribution in [0, 0.1) is 0 Å². The summed E-state index contributed by atoms with van der Waals surface area (Å²) in [6.07, 6.45) is 1.72. The molecule has 2 atom stereocenters. The number of nitrogens with zero attached hydrogens (tertiary/aromatic N) is 1. The smallest absolute Gasteiger partial charge is 0.121 e. The van der Waals surface area contributed by atoms with Crippen LogP contribution in [0.3, 0.4) is 0 Å². The first-order valence-corrected chi connectivity index (χ1v) is 5.99. The minimum Gasteiger partial charge on any atom is -0.296 e. The lowest BCUT2D eigenvalue weighted by atomic mass is 10.4. The highest BCUT2D eigenvalue weighted by molar-refractivity contribution is 7.99. The number of nitrogens with one attached hydrogen (secondary N) is 1. The van der Waals surface area contributed by atoms with Gasteiger partial charge in [-0.2, -0.15) is 0 Å². The molecular weight excluding hydrogens is 212 g/mol. The van der Waals surface area contributed by atoms with Crippen molar-refractivity contribution < 1.29 is 0 Å². The maximum absolute atomic E-state index is 5.79. The van der Waals surface area contributed by atoms with E-state index in [0.29, 0.717) is 11.4 Å². The lowest BCUT2D eigenvalue weighted by Crippen LogP contribution is -2.21. The molecule has 5 heteroatoms. The Morgan fingerprint density at radius 3 is 3.08 bits per heavy atom. The Balaban J connectivity index is 2.11. The predicted molar refractivity (Wildman–Crippen MR) is 54.9 cm³/mol. The second kappa shape index (κ2) is 3.54. The molecule has 2 nitrogen and oxygen atoms in total. The molecule has 1 aromatic rings. The molecule has 0 aromatic carbocycles. The molecule has 1 fully saturated rings. The highest BCUT2D eigenvalue weighted by Gasteiger charge is 2.24. The van der Waals surface area contributed by atoms with Crippen molar-refractivity contribution in [1.82, 2.24) is 10.3 Å². The van der Waals surface area contributed by atoms with Crippen LogP contribution in [-0.2, 0) is 0 Å². The van der Waals surface area contributed by atoms with Crippen molar-refractivity contribution in [2.24, 2.45) is 0 Å². The molecular formula is C7H9ClN2S2. The van der Waals surface area contributed by atoms with E-state index < -0.39 is 0 Å². The molecule has 1 aliphatic heterocycles.